The molecule has 5 unspecified atom stereocenters. The molecule has 19 heteroatoms. The second kappa shape index (κ2) is 20.2. The van der Waals surface area contributed by atoms with Gasteiger partial charge in [-0.1, -0.05) is 79.2 Å². The Morgan fingerprint density at radius 2 is 1.43 bits per heavy atom. The van der Waals surface area contributed by atoms with Crippen molar-refractivity contribution in [3.63, 3.8) is 0 Å². The van der Waals surface area contributed by atoms with Crippen LogP contribution in [-0.2, 0) is 45.4 Å². The number of ether oxygens (including phenoxy) is 1. The van der Waals surface area contributed by atoms with Crippen LogP contribution in [0.3, 0.4) is 0 Å². The molecular weight excluding hydrogens is 803 g/mol. The molecule has 8 N–H and O–H groups in total. The maximum absolute atomic E-state index is 12.9. The van der Waals surface area contributed by atoms with Gasteiger partial charge in [-0.15, -0.1) is 20.4 Å². The Labute approximate surface area is 352 Å². The van der Waals surface area contributed by atoms with Gasteiger partial charge in [0.1, 0.15) is 5.75 Å². The maximum atomic E-state index is 12.9. The number of benzene rings is 3. The van der Waals surface area contributed by atoms with Gasteiger partial charge in [0.2, 0.25) is 15.9 Å². The lowest BCUT2D eigenvalue weighted by Gasteiger charge is -2.24. The summed E-state index contributed by atoms with van der Waals surface area (Å²) in [6.45, 7) is 4.35. The fraction of sp³-hybridized carbons (Fsp3) is 0.357. The normalized spacial score (nSPS) is 14.2. The van der Waals surface area contributed by atoms with Gasteiger partial charge in [0.05, 0.1) is 16.7 Å². The summed E-state index contributed by atoms with van der Waals surface area (Å²) in [5, 5.41) is 55.2. The zero-order valence-electron chi connectivity index (χ0n) is 33.8. The summed E-state index contributed by atoms with van der Waals surface area (Å²) in [6.07, 6.45) is 4.70. The van der Waals surface area contributed by atoms with E-state index < -0.39 is 45.6 Å². The number of sulfonamides is 1. The number of aromatic amines is 2. The molecule has 0 aliphatic heterocycles. The van der Waals surface area contributed by atoms with Crippen molar-refractivity contribution >= 4 is 22.0 Å². The molecule has 320 valence electrons. The highest BCUT2D eigenvalue weighted by molar-refractivity contribution is 7.89. The molecule has 3 aromatic heterocycles. The SMILES string of the molecule is CCCC(C(=O)O)C(Cc1ccc(CC(C)CCC(C(=O)O)C(Cc2ccc(Oc3cccc(CN)c3)nc2)c2nn[nH]n2)cc1-c1ccc(S(N)(=O)=O)cc1)c1nn[nH]n1. The van der Waals surface area contributed by atoms with Gasteiger partial charge in [-0.25, -0.2) is 18.5 Å². The minimum atomic E-state index is -3.94. The van der Waals surface area contributed by atoms with Gasteiger partial charge in [0.15, 0.2) is 11.6 Å². The van der Waals surface area contributed by atoms with Crippen molar-refractivity contribution in [1.82, 2.24) is 46.2 Å². The summed E-state index contributed by atoms with van der Waals surface area (Å²) in [4.78, 5) is 29.8. The molecule has 0 saturated heterocycles. The standard InChI is InChI=1S/C42H49N11O7S/c1-3-5-33(41(54)55)37(40-48-52-53-49-40)22-30-11-9-26(20-35(30)29-12-14-32(15-13-29)61(44,58)59)18-25(2)8-16-34(42(56)57)36(39-46-50-51-47-39)21-28-10-17-38(45-24-28)60-31-7-4-6-27(19-31)23-43/h4,6-7,9-15,17,19-20,24-25,33-34,36-37H,3,5,8,16,18,21-23,43H2,1-2H3,(H,54,55)(H,56,57)(H2,44,58,59)(H,46,47,50,51)(H,48,49,52,53). The van der Waals surface area contributed by atoms with Crippen LogP contribution < -0.4 is 15.6 Å². The molecule has 6 aromatic rings. The summed E-state index contributed by atoms with van der Waals surface area (Å²) in [5.74, 6) is -3.22. The number of aliphatic carboxylic acids is 2. The van der Waals surface area contributed by atoms with Gasteiger partial charge in [0, 0.05) is 30.6 Å². The number of carboxylic acids is 2. The van der Waals surface area contributed by atoms with Crippen molar-refractivity contribution in [3.8, 4) is 22.8 Å². The van der Waals surface area contributed by atoms with Crippen molar-refractivity contribution < 1.29 is 33.0 Å². The minimum Gasteiger partial charge on any atom is -0.481 e. The van der Waals surface area contributed by atoms with Crippen LogP contribution in [0, 0.1) is 17.8 Å². The first kappa shape index (κ1) is 44.1. The van der Waals surface area contributed by atoms with Gasteiger partial charge in [-0.2, -0.15) is 10.4 Å². The molecule has 0 saturated carbocycles. The quantitative estimate of drug-likeness (QED) is 0.0512. The Kier molecular flexibility index (Phi) is 14.6. The number of carboxylic acid groups (broad SMARTS) is 2. The number of nitrogens with one attached hydrogen (secondary N) is 2. The fourth-order valence-electron chi connectivity index (χ4n) is 7.71. The maximum Gasteiger partial charge on any atom is 0.307 e. The molecule has 61 heavy (non-hydrogen) atoms. The third-order valence-electron chi connectivity index (χ3n) is 10.9. The van der Waals surface area contributed by atoms with Crippen molar-refractivity contribution in [2.75, 3.05) is 0 Å². The molecule has 18 nitrogen and oxygen atoms in total. The monoisotopic (exact) mass is 851 g/mol. The highest BCUT2D eigenvalue weighted by Gasteiger charge is 2.34. The predicted molar refractivity (Wildman–Crippen MR) is 222 cm³/mol. The Balaban J connectivity index is 1.21. The molecule has 0 spiro atoms. The van der Waals surface area contributed by atoms with Crippen LogP contribution in [0.25, 0.3) is 11.1 Å². The van der Waals surface area contributed by atoms with Crippen molar-refractivity contribution in [2.45, 2.75) is 82.1 Å². The number of aromatic nitrogens is 9. The molecule has 5 atom stereocenters. The number of carbonyl (C=O) groups is 2. The van der Waals surface area contributed by atoms with E-state index in [0.29, 0.717) is 62.3 Å². The number of rotatable bonds is 22. The van der Waals surface area contributed by atoms with Gasteiger partial charge in [0.25, 0.3) is 0 Å². The zero-order chi connectivity index (χ0) is 43.5. The summed E-state index contributed by atoms with van der Waals surface area (Å²) in [6, 6.07) is 23.1. The lowest BCUT2D eigenvalue weighted by Crippen LogP contribution is -2.26. The Morgan fingerprint density at radius 1 is 0.770 bits per heavy atom. The molecular formula is C42H49N11O7S. The molecule has 0 fully saturated rings. The van der Waals surface area contributed by atoms with E-state index >= 15 is 0 Å². The van der Waals surface area contributed by atoms with Gasteiger partial charge in [-0.3, -0.25) is 9.59 Å². The van der Waals surface area contributed by atoms with E-state index in [0.717, 1.165) is 27.8 Å². The zero-order valence-corrected chi connectivity index (χ0v) is 34.6. The summed E-state index contributed by atoms with van der Waals surface area (Å²) in [5.41, 5.74) is 10.7. The lowest BCUT2D eigenvalue weighted by atomic mass is 9.80. The Bertz CT molecular complexity index is 2470. The fourth-order valence-corrected chi connectivity index (χ4v) is 8.23. The molecule has 0 aliphatic rings. The van der Waals surface area contributed by atoms with Crippen LogP contribution in [0.4, 0.5) is 0 Å². The highest BCUT2D eigenvalue weighted by atomic mass is 32.2. The number of pyridine rings is 1. The molecule has 0 radical (unpaired) electrons. The lowest BCUT2D eigenvalue weighted by molar-refractivity contribution is -0.144. The number of H-pyrrole nitrogens is 2. The Hall–Kier alpha value is -6.44. The van der Waals surface area contributed by atoms with E-state index in [-0.39, 0.29) is 28.9 Å². The number of hydrogen-bond acceptors (Lipinski definition) is 13. The molecule has 0 bridgehead atoms. The third-order valence-corrected chi connectivity index (χ3v) is 11.8. The third kappa shape index (κ3) is 11.6. The number of nitrogens with zero attached hydrogens (tertiary/aromatic N) is 7. The van der Waals surface area contributed by atoms with Crippen molar-refractivity contribution in [3.05, 3.63) is 119 Å². The summed E-state index contributed by atoms with van der Waals surface area (Å²) in [7, 11) is -3.94. The van der Waals surface area contributed by atoms with Crippen LogP contribution in [0.15, 0.2) is 90.0 Å². The van der Waals surface area contributed by atoms with E-state index in [1.165, 1.54) is 12.1 Å². The molecule has 0 aliphatic carbocycles. The first-order valence-corrected chi connectivity index (χ1v) is 21.5. The number of tetrazole rings is 2. The van der Waals surface area contributed by atoms with E-state index in [9.17, 15) is 28.2 Å². The van der Waals surface area contributed by atoms with Crippen LogP contribution in [0.5, 0.6) is 11.6 Å². The molecule has 6 rings (SSSR count). The number of hydrogen-bond donors (Lipinski definition) is 6. The smallest absolute Gasteiger partial charge is 0.307 e. The van der Waals surface area contributed by atoms with Crippen molar-refractivity contribution in [2.24, 2.45) is 28.6 Å². The second-order valence-electron chi connectivity index (χ2n) is 15.2. The van der Waals surface area contributed by atoms with Crippen LogP contribution >= 0.6 is 0 Å². The number of nitrogens with two attached hydrogens (primary N) is 2. The molecule has 3 heterocycles. The van der Waals surface area contributed by atoms with Crippen LogP contribution in [0.2, 0.25) is 0 Å². The van der Waals surface area contributed by atoms with Crippen molar-refractivity contribution in [1.29, 1.82) is 0 Å². The predicted octanol–water partition coefficient (Wildman–Crippen LogP) is 5.19. The van der Waals surface area contributed by atoms with Gasteiger partial charge in [-0.05, 0) is 102 Å². The summed E-state index contributed by atoms with van der Waals surface area (Å²) < 4.78 is 30.1. The average Bonchev–Trinajstić information content (AvgIpc) is 3.99. The van der Waals surface area contributed by atoms with E-state index in [1.54, 1.807) is 24.4 Å². The largest absolute Gasteiger partial charge is 0.481 e. The summed E-state index contributed by atoms with van der Waals surface area (Å²) >= 11 is 0. The van der Waals surface area contributed by atoms with Gasteiger partial charge >= 0.3 is 11.9 Å². The minimum absolute atomic E-state index is 0.0279. The van der Waals surface area contributed by atoms with Gasteiger partial charge < -0.3 is 20.7 Å². The first-order valence-electron chi connectivity index (χ1n) is 19.9. The van der Waals surface area contributed by atoms with E-state index in [2.05, 4.69) is 53.2 Å². The second-order valence-corrected chi connectivity index (χ2v) is 16.8. The van der Waals surface area contributed by atoms with E-state index in [4.69, 9.17) is 15.6 Å². The average molecular weight is 852 g/mol. The topological polar surface area (TPSA) is 292 Å². The first-order chi connectivity index (χ1) is 29.3. The highest BCUT2D eigenvalue weighted by Crippen LogP contribution is 2.36. The van der Waals surface area contributed by atoms with Crippen LogP contribution in [0.1, 0.15) is 85.3 Å². The Morgan fingerprint density at radius 3 is 2.00 bits per heavy atom. The molecule has 0 amide bonds. The molecule has 3 aromatic carbocycles. The van der Waals surface area contributed by atoms with Crippen LogP contribution in [-0.4, -0.2) is 76.8 Å². The number of primary sulfonamides is 1. The van der Waals surface area contributed by atoms with E-state index in [1.807, 2.05) is 55.5 Å².